The molecule has 9 heteroatoms. The second-order valence-corrected chi connectivity index (χ2v) is 9.48. The summed E-state index contributed by atoms with van der Waals surface area (Å²) in [4.78, 5) is 27.6. The number of fused-ring (bicyclic) bond motifs is 1. The molecule has 0 aromatic rings. The Balaban J connectivity index is 1.65. The quantitative estimate of drug-likeness (QED) is 0.666. The van der Waals surface area contributed by atoms with Crippen molar-refractivity contribution >= 4 is 21.8 Å². The first-order valence-corrected chi connectivity index (χ1v) is 10.4. The number of hydrogen-bond donors (Lipinski definition) is 0. The van der Waals surface area contributed by atoms with Crippen LogP contribution in [0.2, 0.25) is 0 Å². The molecule has 3 rings (SSSR count). The van der Waals surface area contributed by atoms with Gasteiger partial charge in [0.05, 0.1) is 11.8 Å². The minimum atomic E-state index is -3.49. The van der Waals surface area contributed by atoms with Gasteiger partial charge in [0.25, 0.3) is 5.91 Å². The van der Waals surface area contributed by atoms with Gasteiger partial charge in [-0.3, -0.25) is 9.59 Å². The minimum Gasteiger partial charge on any atom is -0.368 e. The lowest BCUT2D eigenvalue weighted by atomic mass is 10.0. The number of amides is 2. The van der Waals surface area contributed by atoms with E-state index in [0.717, 1.165) is 12.8 Å². The Morgan fingerprint density at radius 2 is 1.88 bits per heavy atom. The van der Waals surface area contributed by atoms with Crippen LogP contribution >= 0.6 is 0 Å². The molecule has 3 aliphatic rings. The van der Waals surface area contributed by atoms with Gasteiger partial charge in [0, 0.05) is 40.3 Å². The van der Waals surface area contributed by atoms with E-state index in [1.807, 2.05) is 0 Å². The maximum Gasteiger partial charge on any atom is 0.251 e. The Hall–Kier alpha value is -1.19. The highest BCUT2D eigenvalue weighted by Gasteiger charge is 2.48. The summed E-state index contributed by atoms with van der Waals surface area (Å²) in [5.74, 6) is -0.244. The van der Waals surface area contributed by atoms with Gasteiger partial charge in [0.2, 0.25) is 15.9 Å². The molecule has 0 radical (unpaired) electrons. The maximum absolute atomic E-state index is 12.8. The van der Waals surface area contributed by atoms with Gasteiger partial charge in [-0.25, -0.2) is 8.42 Å². The van der Waals surface area contributed by atoms with Crippen LogP contribution in [0.3, 0.4) is 0 Å². The zero-order chi connectivity index (χ0) is 18.2. The lowest BCUT2D eigenvalue weighted by Gasteiger charge is -2.24. The van der Waals surface area contributed by atoms with E-state index in [-0.39, 0.29) is 30.4 Å². The van der Waals surface area contributed by atoms with Crippen molar-refractivity contribution in [2.24, 2.45) is 5.92 Å². The number of nitrogens with zero attached hydrogens (tertiary/aromatic N) is 3. The molecule has 3 atom stereocenters. The number of rotatable bonds is 3. The summed E-state index contributed by atoms with van der Waals surface area (Å²) in [6.45, 7) is 1.90. The predicted octanol–water partition coefficient (Wildman–Crippen LogP) is -0.494. The fourth-order valence-electron chi connectivity index (χ4n) is 3.94. The van der Waals surface area contributed by atoms with Gasteiger partial charge in [0.15, 0.2) is 0 Å². The van der Waals surface area contributed by atoms with Crippen LogP contribution in [0.4, 0.5) is 0 Å². The van der Waals surface area contributed by atoms with Crippen LogP contribution < -0.4 is 0 Å². The summed E-state index contributed by atoms with van der Waals surface area (Å²) in [6.07, 6.45) is 2.37. The molecule has 0 N–H and O–H groups in total. The number of hydrogen-bond acceptors (Lipinski definition) is 5. The van der Waals surface area contributed by atoms with E-state index in [1.165, 1.54) is 9.21 Å². The highest BCUT2D eigenvalue weighted by molar-refractivity contribution is 7.90. The summed E-state index contributed by atoms with van der Waals surface area (Å²) >= 11 is 0. The van der Waals surface area contributed by atoms with Gasteiger partial charge in [-0.05, 0) is 31.6 Å². The highest BCUT2D eigenvalue weighted by atomic mass is 32.2. The highest BCUT2D eigenvalue weighted by Crippen LogP contribution is 2.34. The second-order valence-electron chi connectivity index (χ2n) is 7.33. The molecule has 0 aliphatic carbocycles. The Bertz CT molecular complexity index is 630. The molecule has 3 aliphatic heterocycles. The van der Waals surface area contributed by atoms with Gasteiger partial charge in [-0.2, -0.15) is 4.31 Å². The van der Waals surface area contributed by atoms with E-state index in [1.54, 1.807) is 19.0 Å². The Kier molecular flexibility index (Phi) is 5.36. The van der Waals surface area contributed by atoms with Crippen molar-refractivity contribution in [1.29, 1.82) is 0 Å². The number of ether oxygens (including phenoxy) is 1. The summed E-state index contributed by atoms with van der Waals surface area (Å²) in [6, 6.07) is 0. The van der Waals surface area contributed by atoms with Gasteiger partial charge in [-0.1, -0.05) is 0 Å². The SMILES string of the molecule is CN(C)C(=O)CN1C[C@H]2CCN(C(=O)C3CCCO3)CC[C@H]2S1(=O)=O. The van der Waals surface area contributed by atoms with Gasteiger partial charge in [-0.15, -0.1) is 0 Å². The van der Waals surface area contributed by atoms with Crippen molar-refractivity contribution in [3.05, 3.63) is 0 Å². The van der Waals surface area contributed by atoms with E-state index in [0.29, 0.717) is 39.1 Å². The van der Waals surface area contributed by atoms with E-state index in [4.69, 9.17) is 4.74 Å². The molecule has 3 heterocycles. The lowest BCUT2D eigenvalue weighted by Crippen LogP contribution is -2.41. The van der Waals surface area contributed by atoms with E-state index >= 15 is 0 Å². The topological polar surface area (TPSA) is 87.2 Å². The van der Waals surface area contributed by atoms with E-state index in [2.05, 4.69) is 0 Å². The van der Waals surface area contributed by atoms with Crippen LogP contribution in [0.1, 0.15) is 25.7 Å². The van der Waals surface area contributed by atoms with E-state index < -0.39 is 15.3 Å². The molecule has 8 nitrogen and oxygen atoms in total. The smallest absolute Gasteiger partial charge is 0.251 e. The number of carbonyl (C=O) groups excluding carboxylic acids is 2. The number of sulfonamides is 1. The van der Waals surface area contributed by atoms with Crippen LogP contribution in [0.5, 0.6) is 0 Å². The van der Waals surface area contributed by atoms with Crippen LogP contribution in [0.25, 0.3) is 0 Å². The first-order chi connectivity index (χ1) is 11.8. The molecule has 3 fully saturated rings. The molecule has 0 aromatic carbocycles. The van der Waals surface area contributed by atoms with Crippen LogP contribution in [-0.2, 0) is 24.3 Å². The third kappa shape index (κ3) is 3.68. The van der Waals surface area contributed by atoms with Gasteiger partial charge >= 0.3 is 0 Å². The standard InChI is InChI=1S/C16H27N3O5S/c1-17(2)15(20)11-19-10-12-5-7-18(8-6-14(12)25(19,22)23)16(21)13-4-3-9-24-13/h12-14H,3-11H2,1-2H3/t12-,13?,14-/m1/s1. The summed E-state index contributed by atoms with van der Waals surface area (Å²) in [5, 5.41) is -0.496. The zero-order valence-corrected chi connectivity index (χ0v) is 15.7. The third-order valence-corrected chi connectivity index (χ3v) is 7.87. The van der Waals surface area contributed by atoms with Crippen molar-refractivity contribution < 1.29 is 22.7 Å². The average Bonchev–Trinajstić information content (AvgIpc) is 3.09. The largest absolute Gasteiger partial charge is 0.368 e. The molecular formula is C16H27N3O5S. The Morgan fingerprint density at radius 1 is 1.16 bits per heavy atom. The van der Waals surface area contributed by atoms with Crippen molar-refractivity contribution in [3.8, 4) is 0 Å². The maximum atomic E-state index is 12.8. The number of likely N-dealkylation sites (N-methyl/N-ethyl adjacent to an activating group) is 1. The predicted molar refractivity (Wildman–Crippen MR) is 91.3 cm³/mol. The van der Waals surface area contributed by atoms with Crippen molar-refractivity contribution in [3.63, 3.8) is 0 Å². The third-order valence-electron chi connectivity index (χ3n) is 5.49. The van der Waals surface area contributed by atoms with Gasteiger partial charge < -0.3 is 14.5 Å². The molecule has 0 aromatic heterocycles. The molecule has 1 unspecified atom stereocenters. The molecule has 3 saturated heterocycles. The van der Waals surface area contributed by atoms with Crippen molar-refractivity contribution in [1.82, 2.24) is 14.1 Å². The number of carbonyl (C=O) groups is 2. The Labute approximate surface area is 149 Å². The molecule has 0 bridgehead atoms. The molecule has 25 heavy (non-hydrogen) atoms. The molecule has 2 amide bonds. The molecular weight excluding hydrogens is 346 g/mol. The number of likely N-dealkylation sites (tertiary alicyclic amines) is 1. The molecule has 0 spiro atoms. The van der Waals surface area contributed by atoms with E-state index in [9.17, 15) is 18.0 Å². The lowest BCUT2D eigenvalue weighted by molar-refractivity contribution is -0.140. The first kappa shape index (κ1) is 18.6. The fourth-order valence-corrected chi connectivity index (χ4v) is 6.12. The van der Waals surface area contributed by atoms with Crippen molar-refractivity contribution in [2.75, 3.05) is 46.9 Å². The minimum absolute atomic E-state index is 0.00508. The fraction of sp³-hybridized carbons (Fsp3) is 0.875. The van der Waals surface area contributed by atoms with Gasteiger partial charge in [0.1, 0.15) is 6.10 Å². The monoisotopic (exact) mass is 373 g/mol. The average molecular weight is 373 g/mol. The van der Waals surface area contributed by atoms with Crippen LogP contribution in [-0.4, -0.2) is 92.6 Å². The Morgan fingerprint density at radius 3 is 2.52 bits per heavy atom. The summed E-state index contributed by atoms with van der Waals surface area (Å²) < 4.78 is 32.4. The summed E-state index contributed by atoms with van der Waals surface area (Å²) in [5.41, 5.74) is 0. The molecule has 0 saturated carbocycles. The first-order valence-electron chi connectivity index (χ1n) is 8.90. The second kappa shape index (κ2) is 7.20. The molecule has 142 valence electrons. The van der Waals surface area contributed by atoms with Crippen LogP contribution in [0, 0.1) is 5.92 Å². The van der Waals surface area contributed by atoms with Crippen molar-refractivity contribution in [2.45, 2.75) is 37.0 Å². The summed E-state index contributed by atoms with van der Waals surface area (Å²) in [7, 11) is -0.246. The van der Waals surface area contributed by atoms with Crippen LogP contribution in [0.15, 0.2) is 0 Å². The normalized spacial score (nSPS) is 32.2. The zero-order valence-electron chi connectivity index (χ0n) is 14.9.